The molecule has 4 nitrogen and oxygen atoms in total. The van der Waals surface area contributed by atoms with E-state index in [1.165, 1.54) is 0 Å². The van der Waals surface area contributed by atoms with Crippen LogP contribution in [0.4, 0.5) is 0 Å². The molecule has 0 aromatic heterocycles. The zero-order chi connectivity index (χ0) is 19.2. The van der Waals surface area contributed by atoms with Crippen molar-refractivity contribution >= 4 is 39.2 Å². The molecule has 4 rings (SSSR count). The van der Waals surface area contributed by atoms with Crippen molar-refractivity contribution in [3.63, 3.8) is 0 Å². The zero-order valence-corrected chi connectivity index (χ0v) is 17.3. The zero-order valence-electron chi connectivity index (χ0n) is 14.9. The van der Waals surface area contributed by atoms with Gasteiger partial charge in [0.05, 0.1) is 12.0 Å². The first-order valence-corrected chi connectivity index (χ1v) is 10.1. The number of ether oxygens (including phenoxy) is 1. The minimum Gasteiger partial charge on any atom is -0.486 e. The number of amides is 1. The van der Waals surface area contributed by atoms with Gasteiger partial charge < -0.3 is 9.64 Å². The molecule has 1 spiro atoms. The third-order valence-corrected chi connectivity index (χ3v) is 6.09. The average molecular weight is 449 g/mol. The molecule has 2 aromatic carbocycles. The van der Waals surface area contributed by atoms with Crippen LogP contribution in [0.5, 0.6) is 5.75 Å². The molecule has 0 atom stereocenters. The maximum absolute atomic E-state index is 12.8. The summed E-state index contributed by atoms with van der Waals surface area (Å²) in [6, 6.07) is 10.9. The lowest BCUT2D eigenvalue weighted by Crippen LogP contribution is -2.52. The number of carbonyl (C=O) groups is 2. The van der Waals surface area contributed by atoms with Crippen molar-refractivity contribution in [1.29, 1.82) is 0 Å². The molecule has 0 aliphatic carbocycles. The molecule has 0 saturated carbocycles. The molecule has 6 heteroatoms. The molecule has 0 bridgehead atoms. The SMILES string of the molecule is Cc1cc(Cl)cc2c1OC1(CCN(C(=O)c3cccc(Br)c3)CC1)CC2=O. The first-order chi connectivity index (χ1) is 12.9. The summed E-state index contributed by atoms with van der Waals surface area (Å²) in [5.41, 5.74) is 1.57. The maximum Gasteiger partial charge on any atom is 0.253 e. The molecule has 2 aliphatic heterocycles. The van der Waals surface area contributed by atoms with Gasteiger partial charge in [-0.3, -0.25) is 9.59 Å². The number of hydrogen-bond donors (Lipinski definition) is 0. The highest BCUT2D eigenvalue weighted by Crippen LogP contribution is 2.42. The lowest BCUT2D eigenvalue weighted by molar-refractivity contribution is -0.00617. The van der Waals surface area contributed by atoms with E-state index in [9.17, 15) is 9.59 Å². The molecule has 0 N–H and O–H groups in total. The van der Waals surface area contributed by atoms with Gasteiger partial charge in [0, 0.05) is 41.0 Å². The average Bonchev–Trinajstić information content (AvgIpc) is 2.63. The largest absolute Gasteiger partial charge is 0.486 e. The standard InChI is InChI=1S/C21H19BrClNO3/c1-13-9-16(23)11-17-18(25)12-21(27-19(13)17)5-7-24(8-6-21)20(26)14-3-2-4-15(22)10-14/h2-4,9-11H,5-8,12H2,1H3. The van der Waals surface area contributed by atoms with Crippen molar-refractivity contribution in [1.82, 2.24) is 4.90 Å². The Morgan fingerprint density at radius 3 is 2.67 bits per heavy atom. The number of rotatable bonds is 1. The predicted octanol–water partition coefficient (Wildman–Crippen LogP) is 5.05. The van der Waals surface area contributed by atoms with Crippen molar-refractivity contribution in [3.8, 4) is 5.75 Å². The molecular formula is C21H19BrClNO3. The summed E-state index contributed by atoms with van der Waals surface area (Å²) in [7, 11) is 0. The number of hydrogen-bond acceptors (Lipinski definition) is 3. The van der Waals surface area contributed by atoms with Crippen molar-refractivity contribution in [3.05, 3.63) is 62.6 Å². The number of ketones is 1. The molecule has 140 valence electrons. The second-order valence-corrected chi connectivity index (χ2v) is 8.64. The van der Waals surface area contributed by atoms with E-state index in [-0.39, 0.29) is 11.7 Å². The molecule has 1 fully saturated rings. The number of aryl methyl sites for hydroxylation is 1. The highest BCUT2D eigenvalue weighted by atomic mass is 79.9. The van der Waals surface area contributed by atoms with Crippen molar-refractivity contribution in [2.45, 2.75) is 31.8 Å². The third-order valence-electron chi connectivity index (χ3n) is 5.37. The van der Waals surface area contributed by atoms with Crippen LogP contribution in [0, 0.1) is 6.92 Å². The van der Waals surface area contributed by atoms with Crippen LogP contribution in [0.15, 0.2) is 40.9 Å². The summed E-state index contributed by atoms with van der Waals surface area (Å²) in [4.78, 5) is 27.3. The number of likely N-dealkylation sites (tertiary alicyclic amines) is 1. The Kier molecular flexibility index (Phi) is 4.77. The molecular weight excluding hydrogens is 430 g/mol. The van der Waals surface area contributed by atoms with E-state index in [0.717, 1.165) is 10.0 Å². The lowest BCUT2D eigenvalue weighted by atomic mass is 9.82. The van der Waals surface area contributed by atoms with Crippen molar-refractivity contribution < 1.29 is 14.3 Å². The first kappa shape index (κ1) is 18.5. The predicted molar refractivity (Wildman–Crippen MR) is 108 cm³/mol. The Hall–Kier alpha value is -1.85. The highest BCUT2D eigenvalue weighted by Gasteiger charge is 2.44. The minimum absolute atomic E-state index is 0.0108. The van der Waals surface area contributed by atoms with Gasteiger partial charge in [-0.1, -0.05) is 33.6 Å². The van der Waals surface area contributed by atoms with Crippen LogP contribution in [0.1, 0.15) is 45.5 Å². The summed E-state index contributed by atoms with van der Waals surface area (Å²) in [5, 5.41) is 0.550. The van der Waals surface area contributed by atoms with Crippen molar-refractivity contribution in [2.24, 2.45) is 0 Å². The summed E-state index contributed by atoms with van der Waals surface area (Å²) in [6.07, 6.45) is 1.61. The molecule has 0 radical (unpaired) electrons. The molecule has 27 heavy (non-hydrogen) atoms. The number of carbonyl (C=O) groups excluding carboxylic acids is 2. The quantitative estimate of drug-likeness (QED) is 0.613. The third kappa shape index (κ3) is 3.50. The Balaban J connectivity index is 1.52. The summed E-state index contributed by atoms with van der Waals surface area (Å²) >= 11 is 9.50. The van der Waals surface area contributed by atoms with Gasteiger partial charge in [-0.05, 0) is 42.8 Å². The summed E-state index contributed by atoms with van der Waals surface area (Å²) in [5.74, 6) is 0.715. The summed E-state index contributed by atoms with van der Waals surface area (Å²) < 4.78 is 7.23. The molecule has 0 unspecified atom stereocenters. The molecule has 2 aromatic rings. The first-order valence-electron chi connectivity index (χ1n) is 8.94. The second-order valence-electron chi connectivity index (χ2n) is 7.29. The Bertz CT molecular complexity index is 935. The number of fused-ring (bicyclic) bond motifs is 1. The summed E-state index contributed by atoms with van der Waals surface area (Å²) in [6.45, 7) is 3.05. The van der Waals surface area contributed by atoms with Gasteiger partial charge in [0.25, 0.3) is 5.91 Å². The number of benzene rings is 2. The van der Waals surface area contributed by atoms with Crippen LogP contribution in [0.3, 0.4) is 0 Å². The van der Waals surface area contributed by atoms with Crippen LogP contribution >= 0.6 is 27.5 Å². The fraction of sp³-hybridized carbons (Fsp3) is 0.333. The molecule has 1 saturated heterocycles. The Morgan fingerprint density at radius 2 is 1.96 bits per heavy atom. The van der Waals surface area contributed by atoms with Gasteiger partial charge in [-0.15, -0.1) is 0 Å². The molecule has 2 aliphatic rings. The van der Waals surface area contributed by atoms with E-state index >= 15 is 0 Å². The van der Waals surface area contributed by atoms with Crippen molar-refractivity contribution in [2.75, 3.05) is 13.1 Å². The fourth-order valence-corrected chi connectivity index (χ4v) is 4.59. The van der Waals surface area contributed by atoms with E-state index in [1.807, 2.05) is 42.2 Å². The minimum atomic E-state index is -0.531. The number of halogens is 2. The van der Waals surface area contributed by atoms with Crippen LogP contribution in [0.2, 0.25) is 5.02 Å². The highest BCUT2D eigenvalue weighted by molar-refractivity contribution is 9.10. The smallest absolute Gasteiger partial charge is 0.253 e. The van der Waals surface area contributed by atoms with E-state index in [1.54, 1.807) is 6.07 Å². The van der Waals surface area contributed by atoms with Gasteiger partial charge in [0.15, 0.2) is 5.78 Å². The number of piperidine rings is 1. The molecule has 2 heterocycles. The fourth-order valence-electron chi connectivity index (χ4n) is 3.91. The second kappa shape index (κ2) is 6.95. The van der Waals surface area contributed by atoms with Gasteiger partial charge in [-0.25, -0.2) is 0 Å². The van der Waals surface area contributed by atoms with Crippen LogP contribution < -0.4 is 4.74 Å². The number of nitrogens with zero attached hydrogens (tertiary/aromatic N) is 1. The maximum atomic E-state index is 12.8. The van der Waals surface area contributed by atoms with E-state index in [4.69, 9.17) is 16.3 Å². The Morgan fingerprint density at radius 1 is 1.22 bits per heavy atom. The lowest BCUT2D eigenvalue weighted by Gasteiger charge is -2.44. The molecule has 1 amide bonds. The van der Waals surface area contributed by atoms with Crippen LogP contribution in [0.25, 0.3) is 0 Å². The van der Waals surface area contributed by atoms with Gasteiger partial charge in [0.1, 0.15) is 11.4 Å². The number of Topliss-reactive ketones (excluding diaryl/α,β-unsaturated/α-hetero) is 1. The van der Waals surface area contributed by atoms with E-state index in [0.29, 0.717) is 54.3 Å². The van der Waals surface area contributed by atoms with Gasteiger partial charge >= 0.3 is 0 Å². The van der Waals surface area contributed by atoms with Crippen LogP contribution in [-0.2, 0) is 0 Å². The monoisotopic (exact) mass is 447 g/mol. The van der Waals surface area contributed by atoms with E-state index < -0.39 is 5.60 Å². The van der Waals surface area contributed by atoms with Crippen LogP contribution in [-0.4, -0.2) is 35.3 Å². The Labute approximate surface area is 171 Å². The van der Waals surface area contributed by atoms with Gasteiger partial charge in [0.2, 0.25) is 0 Å². The van der Waals surface area contributed by atoms with Gasteiger partial charge in [-0.2, -0.15) is 0 Å². The van der Waals surface area contributed by atoms with E-state index in [2.05, 4.69) is 15.9 Å². The normalized spacial score (nSPS) is 18.2. The topological polar surface area (TPSA) is 46.6 Å².